The number of nitrogens with one attached hydrogen (secondary N) is 1. The topological polar surface area (TPSA) is 36.1 Å². The van der Waals surface area contributed by atoms with E-state index in [4.69, 9.17) is 11.6 Å². The summed E-state index contributed by atoms with van der Waals surface area (Å²) in [6, 6.07) is 16.2. The van der Waals surface area contributed by atoms with Crippen molar-refractivity contribution in [2.45, 2.75) is 19.4 Å². The van der Waals surface area contributed by atoms with Gasteiger partial charge in [-0.3, -0.25) is 4.79 Å². The predicted molar refractivity (Wildman–Crippen MR) is 97.7 cm³/mol. The highest BCUT2D eigenvalue weighted by Crippen LogP contribution is 2.42. The molecule has 1 aliphatic rings. The van der Waals surface area contributed by atoms with Crippen LogP contribution in [-0.4, -0.2) is 28.2 Å². The Hall–Kier alpha value is -2.26. The first kappa shape index (κ1) is 15.3. The summed E-state index contributed by atoms with van der Waals surface area (Å²) in [6.07, 6.45) is 0.791. The number of amides is 1. The molecule has 1 N–H and O–H groups in total. The summed E-state index contributed by atoms with van der Waals surface area (Å²) >= 11 is 5.89. The maximum absolute atomic E-state index is 12.9. The maximum Gasteiger partial charge on any atom is 0.255 e. The van der Waals surface area contributed by atoms with Crippen LogP contribution in [0.25, 0.3) is 10.9 Å². The number of aromatic nitrogens is 1. The summed E-state index contributed by atoms with van der Waals surface area (Å²) in [5.41, 5.74) is 5.31. The average Bonchev–Trinajstić information content (AvgIpc) is 3.07. The van der Waals surface area contributed by atoms with Gasteiger partial charge in [0.25, 0.3) is 5.91 Å². The lowest BCUT2D eigenvalue weighted by Crippen LogP contribution is -2.30. The Morgan fingerprint density at radius 1 is 1.12 bits per heavy atom. The molecule has 24 heavy (non-hydrogen) atoms. The number of nitrogens with zero attached hydrogens (tertiary/aromatic N) is 1. The van der Waals surface area contributed by atoms with Crippen LogP contribution in [0.4, 0.5) is 0 Å². The molecule has 0 saturated carbocycles. The molecule has 0 spiro atoms. The van der Waals surface area contributed by atoms with Crippen molar-refractivity contribution in [3.05, 3.63) is 70.9 Å². The SMILES string of the molecule is Cc1[nH]c2ccccc2c1C1c2ccccc2C(=O)N1CCCCl. The summed E-state index contributed by atoms with van der Waals surface area (Å²) in [5, 5.41) is 1.18. The Bertz CT molecular complexity index is 915. The van der Waals surface area contributed by atoms with E-state index in [-0.39, 0.29) is 11.9 Å². The van der Waals surface area contributed by atoms with E-state index < -0.39 is 0 Å². The molecule has 3 nitrogen and oxygen atoms in total. The first-order chi connectivity index (χ1) is 11.7. The van der Waals surface area contributed by atoms with Crippen LogP contribution in [0.5, 0.6) is 0 Å². The van der Waals surface area contributed by atoms with Gasteiger partial charge in [-0.15, -0.1) is 11.6 Å². The molecule has 0 bridgehead atoms. The van der Waals surface area contributed by atoms with Crippen molar-refractivity contribution in [2.24, 2.45) is 0 Å². The van der Waals surface area contributed by atoms with Gasteiger partial charge in [0.1, 0.15) is 0 Å². The van der Waals surface area contributed by atoms with E-state index in [0.717, 1.165) is 28.8 Å². The lowest BCUT2D eigenvalue weighted by atomic mass is 9.95. The number of H-pyrrole nitrogens is 1. The van der Waals surface area contributed by atoms with Crippen LogP contribution in [0, 0.1) is 6.92 Å². The second-order valence-corrected chi connectivity index (χ2v) is 6.62. The highest BCUT2D eigenvalue weighted by molar-refractivity contribution is 6.17. The van der Waals surface area contributed by atoms with Crippen LogP contribution in [-0.2, 0) is 0 Å². The number of carbonyl (C=O) groups is 1. The number of aryl methyl sites for hydroxylation is 1. The van der Waals surface area contributed by atoms with Gasteiger partial charge < -0.3 is 9.88 Å². The van der Waals surface area contributed by atoms with Crippen molar-refractivity contribution >= 4 is 28.4 Å². The Labute approximate surface area is 146 Å². The first-order valence-corrected chi connectivity index (χ1v) is 8.79. The molecule has 2 aromatic carbocycles. The monoisotopic (exact) mass is 338 g/mol. The number of para-hydroxylation sites is 1. The Balaban J connectivity index is 1.92. The number of hydrogen-bond acceptors (Lipinski definition) is 1. The zero-order chi connectivity index (χ0) is 16.7. The summed E-state index contributed by atoms with van der Waals surface area (Å²) in [6.45, 7) is 2.75. The number of fused-ring (bicyclic) bond motifs is 2. The quantitative estimate of drug-likeness (QED) is 0.690. The fourth-order valence-corrected chi connectivity index (χ4v) is 3.91. The normalized spacial score (nSPS) is 16.8. The maximum atomic E-state index is 12.9. The van der Waals surface area contributed by atoms with Gasteiger partial charge in [-0.2, -0.15) is 0 Å². The number of hydrogen-bond donors (Lipinski definition) is 1. The van der Waals surface area contributed by atoms with E-state index in [1.165, 1.54) is 10.9 Å². The second-order valence-electron chi connectivity index (χ2n) is 6.24. The summed E-state index contributed by atoms with van der Waals surface area (Å²) in [4.78, 5) is 18.4. The van der Waals surface area contributed by atoms with Crippen molar-refractivity contribution in [1.29, 1.82) is 0 Å². The molecule has 122 valence electrons. The average molecular weight is 339 g/mol. The van der Waals surface area contributed by atoms with Crippen LogP contribution < -0.4 is 0 Å². The van der Waals surface area contributed by atoms with Gasteiger partial charge in [-0.05, 0) is 31.0 Å². The number of rotatable bonds is 4. The van der Waals surface area contributed by atoms with E-state index in [1.54, 1.807) is 0 Å². The molecule has 1 aliphatic heterocycles. The van der Waals surface area contributed by atoms with Crippen LogP contribution in [0.1, 0.15) is 39.6 Å². The third-order valence-electron chi connectivity index (χ3n) is 4.81. The third-order valence-corrected chi connectivity index (χ3v) is 5.08. The fraction of sp³-hybridized carbons (Fsp3) is 0.250. The Morgan fingerprint density at radius 2 is 1.88 bits per heavy atom. The van der Waals surface area contributed by atoms with Crippen LogP contribution in [0.2, 0.25) is 0 Å². The van der Waals surface area contributed by atoms with Crippen molar-refractivity contribution < 1.29 is 4.79 Å². The van der Waals surface area contributed by atoms with Crippen molar-refractivity contribution in [3.8, 4) is 0 Å². The number of benzene rings is 2. The molecule has 1 amide bonds. The predicted octanol–water partition coefficient (Wildman–Crippen LogP) is 4.65. The highest BCUT2D eigenvalue weighted by Gasteiger charge is 2.38. The molecule has 1 unspecified atom stereocenters. The van der Waals surface area contributed by atoms with Crippen LogP contribution in [0.3, 0.4) is 0 Å². The molecule has 0 aliphatic carbocycles. The zero-order valence-electron chi connectivity index (χ0n) is 13.6. The molecule has 3 aromatic rings. The largest absolute Gasteiger partial charge is 0.358 e. The Morgan fingerprint density at radius 3 is 2.71 bits per heavy atom. The van der Waals surface area contributed by atoms with Gasteiger partial charge in [0, 0.05) is 40.1 Å². The molecule has 0 radical (unpaired) electrons. The van der Waals surface area contributed by atoms with Crippen molar-refractivity contribution in [3.63, 3.8) is 0 Å². The lowest BCUT2D eigenvalue weighted by molar-refractivity contribution is 0.0751. The van der Waals surface area contributed by atoms with E-state index in [2.05, 4.69) is 30.1 Å². The lowest BCUT2D eigenvalue weighted by Gasteiger charge is -2.26. The van der Waals surface area contributed by atoms with Gasteiger partial charge in [-0.1, -0.05) is 36.4 Å². The smallest absolute Gasteiger partial charge is 0.255 e. The van der Waals surface area contributed by atoms with Crippen LogP contribution in [0.15, 0.2) is 48.5 Å². The molecular formula is C20H19ClN2O. The van der Waals surface area contributed by atoms with E-state index >= 15 is 0 Å². The van der Waals surface area contributed by atoms with E-state index in [1.807, 2.05) is 35.2 Å². The second kappa shape index (κ2) is 5.99. The van der Waals surface area contributed by atoms with Crippen LogP contribution >= 0.6 is 11.6 Å². The summed E-state index contributed by atoms with van der Waals surface area (Å²) in [5.74, 6) is 0.657. The van der Waals surface area contributed by atoms with Gasteiger partial charge in [0.15, 0.2) is 0 Å². The van der Waals surface area contributed by atoms with Gasteiger partial charge >= 0.3 is 0 Å². The minimum atomic E-state index is -0.0481. The molecular weight excluding hydrogens is 320 g/mol. The third kappa shape index (κ3) is 2.23. The molecule has 4 rings (SSSR count). The number of halogens is 1. The molecule has 1 atom stereocenters. The fourth-order valence-electron chi connectivity index (χ4n) is 3.79. The number of alkyl halides is 1. The molecule has 0 saturated heterocycles. The number of carbonyl (C=O) groups excluding carboxylic acids is 1. The highest BCUT2D eigenvalue weighted by atomic mass is 35.5. The van der Waals surface area contributed by atoms with Gasteiger partial charge in [0.05, 0.1) is 6.04 Å². The van der Waals surface area contributed by atoms with Gasteiger partial charge in [0.2, 0.25) is 0 Å². The zero-order valence-corrected chi connectivity index (χ0v) is 14.3. The minimum Gasteiger partial charge on any atom is -0.358 e. The molecule has 4 heteroatoms. The Kier molecular flexibility index (Phi) is 3.81. The van der Waals surface area contributed by atoms with Crippen molar-refractivity contribution in [1.82, 2.24) is 9.88 Å². The molecule has 2 heterocycles. The molecule has 1 aromatic heterocycles. The van der Waals surface area contributed by atoms with Crippen molar-refractivity contribution in [2.75, 3.05) is 12.4 Å². The van der Waals surface area contributed by atoms with Gasteiger partial charge in [-0.25, -0.2) is 0 Å². The first-order valence-electron chi connectivity index (χ1n) is 8.25. The molecule has 0 fully saturated rings. The summed E-state index contributed by atoms with van der Waals surface area (Å²) < 4.78 is 0. The minimum absolute atomic E-state index is 0.0481. The van der Waals surface area contributed by atoms with E-state index in [0.29, 0.717) is 12.4 Å². The number of aromatic amines is 1. The summed E-state index contributed by atoms with van der Waals surface area (Å²) in [7, 11) is 0. The standard InChI is InChI=1S/C20H19ClN2O/c1-13-18(16-9-4-5-10-17(16)22-13)19-14-7-2-3-8-15(14)20(24)23(19)12-6-11-21/h2-5,7-10,19,22H,6,11-12H2,1H3. The van der Waals surface area contributed by atoms with E-state index in [9.17, 15) is 4.79 Å².